The Hall–Kier alpha value is -3.31. The van der Waals surface area contributed by atoms with Crippen LogP contribution in [0, 0.1) is 6.92 Å². The van der Waals surface area contributed by atoms with Crippen molar-refractivity contribution in [3.63, 3.8) is 0 Å². The first-order valence-electron chi connectivity index (χ1n) is 11.3. The normalized spacial score (nSPS) is 16.5. The summed E-state index contributed by atoms with van der Waals surface area (Å²) in [5, 5.41) is 1.18. The van der Waals surface area contributed by atoms with E-state index in [1.807, 2.05) is 43.3 Å². The van der Waals surface area contributed by atoms with E-state index in [1.165, 1.54) is 15.3 Å². The van der Waals surface area contributed by atoms with Crippen molar-refractivity contribution in [1.29, 1.82) is 0 Å². The number of hydrogen-bond donors (Lipinski definition) is 0. The summed E-state index contributed by atoms with van der Waals surface area (Å²) < 4.78 is 31.1. The Bertz CT molecular complexity index is 1450. The fourth-order valence-corrected chi connectivity index (χ4v) is 6.35. The molecule has 5 rings (SSSR count). The molecule has 0 aliphatic heterocycles. The van der Waals surface area contributed by atoms with Crippen molar-refractivity contribution in [2.75, 3.05) is 7.05 Å². The van der Waals surface area contributed by atoms with Crippen molar-refractivity contribution in [2.24, 2.45) is 7.05 Å². The fraction of sp³-hybridized carbons (Fsp3) is 0.214. The molecule has 33 heavy (non-hydrogen) atoms. The average Bonchev–Trinajstić information content (AvgIpc) is 3.41. The molecule has 0 N–H and O–H groups in total. The second-order valence-electron chi connectivity index (χ2n) is 8.82. The lowest BCUT2D eigenvalue weighted by Crippen LogP contribution is -2.28. The van der Waals surface area contributed by atoms with E-state index in [1.54, 1.807) is 19.2 Å². The molecule has 1 heterocycles. The van der Waals surface area contributed by atoms with Gasteiger partial charge in [-0.1, -0.05) is 66.2 Å². The van der Waals surface area contributed by atoms with E-state index in [4.69, 9.17) is 0 Å². The van der Waals surface area contributed by atoms with Crippen molar-refractivity contribution in [3.8, 4) is 0 Å². The number of likely N-dealkylation sites (N-methyl/N-ethyl adjacent to an activating group) is 1. The number of aryl methyl sites for hydroxylation is 2. The Morgan fingerprint density at radius 1 is 0.909 bits per heavy atom. The van der Waals surface area contributed by atoms with Crippen LogP contribution < -0.4 is 0 Å². The molecule has 0 unspecified atom stereocenters. The molecule has 5 heteroatoms. The molecule has 1 atom stereocenters. The second-order valence-corrected chi connectivity index (χ2v) is 10.8. The highest BCUT2D eigenvalue weighted by Crippen LogP contribution is 2.48. The highest BCUT2D eigenvalue weighted by atomic mass is 32.2. The maximum absolute atomic E-state index is 13.7. The third-order valence-corrected chi connectivity index (χ3v) is 8.55. The molecule has 1 aliphatic carbocycles. The van der Waals surface area contributed by atoms with Gasteiger partial charge in [0.1, 0.15) is 0 Å². The zero-order valence-electron chi connectivity index (χ0n) is 19.2. The minimum atomic E-state index is -3.70. The van der Waals surface area contributed by atoms with Gasteiger partial charge >= 0.3 is 0 Å². The first-order chi connectivity index (χ1) is 15.9. The van der Waals surface area contributed by atoms with Gasteiger partial charge in [-0.05, 0) is 54.7 Å². The van der Waals surface area contributed by atoms with Crippen molar-refractivity contribution in [2.45, 2.75) is 30.6 Å². The molecule has 1 aliphatic rings. The standard InChI is InChI=1S/C28H28N2O2S/c1-20-13-15-22(16-14-20)33(31,32)30(3)28-23(21-9-5-4-6-10-21)17-18-25(28)26-19-29(2)27-12-8-7-11-24(26)27/h4-16,19,25H,17-18H2,1-3H3/t25-/m1/s1. The molecular weight excluding hydrogens is 428 g/mol. The molecule has 0 amide bonds. The van der Waals surface area contributed by atoms with Gasteiger partial charge in [-0.25, -0.2) is 8.42 Å². The van der Waals surface area contributed by atoms with E-state index in [2.05, 4.69) is 48.1 Å². The van der Waals surface area contributed by atoms with Gasteiger partial charge in [0.15, 0.2) is 0 Å². The SMILES string of the molecule is Cc1ccc(S(=O)(=O)N(C)C2=C(c3ccccc3)CC[C@@H]2c2cn(C)c3ccccc23)cc1. The summed E-state index contributed by atoms with van der Waals surface area (Å²) in [6.07, 6.45) is 3.87. The summed E-state index contributed by atoms with van der Waals surface area (Å²) in [7, 11) is 0.0571. The molecule has 3 aromatic carbocycles. The highest BCUT2D eigenvalue weighted by molar-refractivity contribution is 7.89. The first kappa shape index (κ1) is 21.5. The Balaban J connectivity index is 1.69. The summed E-state index contributed by atoms with van der Waals surface area (Å²) in [5.41, 5.74) is 6.44. The van der Waals surface area contributed by atoms with Gasteiger partial charge in [-0.2, -0.15) is 0 Å². The Labute approximate surface area is 195 Å². The van der Waals surface area contributed by atoms with Crippen LogP contribution in [0.5, 0.6) is 0 Å². The van der Waals surface area contributed by atoms with Crippen LogP contribution in [0.2, 0.25) is 0 Å². The van der Waals surface area contributed by atoms with Crippen LogP contribution in [-0.2, 0) is 17.1 Å². The zero-order chi connectivity index (χ0) is 23.2. The van der Waals surface area contributed by atoms with Crippen LogP contribution in [0.15, 0.2) is 95.7 Å². The lowest BCUT2D eigenvalue weighted by atomic mass is 9.95. The van der Waals surface area contributed by atoms with Gasteiger partial charge in [-0.15, -0.1) is 0 Å². The number of nitrogens with zero attached hydrogens (tertiary/aromatic N) is 2. The van der Waals surface area contributed by atoms with E-state index < -0.39 is 10.0 Å². The van der Waals surface area contributed by atoms with Crippen molar-refractivity contribution in [1.82, 2.24) is 8.87 Å². The summed E-state index contributed by atoms with van der Waals surface area (Å²) >= 11 is 0. The summed E-state index contributed by atoms with van der Waals surface area (Å²) in [6, 6.07) is 25.6. The largest absolute Gasteiger partial charge is 0.350 e. The van der Waals surface area contributed by atoms with Crippen molar-refractivity contribution in [3.05, 3.63) is 107 Å². The predicted molar refractivity (Wildman–Crippen MR) is 134 cm³/mol. The van der Waals surface area contributed by atoms with E-state index in [9.17, 15) is 8.42 Å². The Morgan fingerprint density at radius 3 is 2.30 bits per heavy atom. The molecule has 168 valence electrons. The zero-order valence-corrected chi connectivity index (χ0v) is 20.0. The van der Waals surface area contributed by atoms with Crippen LogP contribution >= 0.6 is 0 Å². The lowest BCUT2D eigenvalue weighted by Gasteiger charge is -2.27. The lowest BCUT2D eigenvalue weighted by molar-refractivity contribution is 0.505. The predicted octanol–water partition coefficient (Wildman–Crippen LogP) is 6.10. The Morgan fingerprint density at radius 2 is 1.58 bits per heavy atom. The number of rotatable bonds is 5. The summed E-state index contributed by atoms with van der Waals surface area (Å²) in [6.45, 7) is 1.96. The number of benzene rings is 3. The number of para-hydroxylation sites is 1. The van der Waals surface area contributed by atoms with Crippen LogP contribution in [0.3, 0.4) is 0 Å². The molecule has 4 aromatic rings. The third-order valence-electron chi connectivity index (χ3n) is 6.77. The molecule has 4 nitrogen and oxygen atoms in total. The number of allylic oxidation sites excluding steroid dienone is 2. The molecule has 0 saturated carbocycles. The van der Waals surface area contributed by atoms with Crippen LogP contribution in [0.4, 0.5) is 0 Å². The topological polar surface area (TPSA) is 42.3 Å². The van der Waals surface area contributed by atoms with Crippen LogP contribution in [0.25, 0.3) is 16.5 Å². The van der Waals surface area contributed by atoms with Crippen molar-refractivity contribution < 1.29 is 8.42 Å². The minimum Gasteiger partial charge on any atom is -0.350 e. The number of hydrogen-bond acceptors (Lipinski definition) is 2. The van der Waals surface area contributed by atoms with E-state index in [0.29, 0.717) is 4.90 Å². The van der Waals surface area contributed by atoms with Crippen LogP contribution in [-0.4, -0.2) is 24.3 Å². The first-order valence-corrected chi connectivity index (χ1v) is 12.7. The third kappa shape index (κ3) is 3.66. The van der Waals surface area contributed by atoms with Gasteiger partial charge in [0.05, 0.1) is 4.90 Å². The number of fused-ring (bicyclic) bond motifs is 1. The van der Waals surface area contributed by atoms with Gasteiger partial charge in [0.25, 0.3) is 10.0 Å². The minimum absolute atomic E-state index is 0.00321. The molecule has 1 aromatic heterocycles. The van der Waals surface area contributed by atoms with Crippen LogP contribution in [0.1, 0.15) is 35.4 Å². The van der Waals surface area contributed by atoms with Gasteiger partial charge in [-0.3, -0.25) is 4.31 Å². The van der Waals surface area contributed by atoms with E-state index in [0.717, 1.165) is 40.8 Å². The molecule has 0 radical (unpaired) electrons. The van der Waals surface area contributed by atoms with E-state index >= 15 is 0 Å². The number of aromatic nitrogens is 1. The molecule has 0 saturated heterocycles. The van der Waals surface area contributed by atoms with Crippen molar-refractivity contribution >= 4 is 26.5 Å². The summed E-state index contributed by atoms with van der Waals surface area (Å²) in [5.74, 6) is -0.00321. The summed E-state index contributed by atoms with van der Waals surface area (Å²) in [4.78, 5) is 0.319. The highest BCUT2D eigenvalue weighted by Gasteiger charge is 2.36. The molecule has 0 spiro atoms. The second kappa shape index (κ2) is 8.23. The quantitative estimate of drug-likeness (QED) is 0.364. The monoisotopic (exact) mass is 456 g/mol. The molecule has 0 fully saturated rings. The van der Waals surface area contributed by atoms with Gasteiger partial charge in [0, 0.05) is 42.8 Å². The Kier molecular flexibility index (Phi) is 5.37. The average molecular weight is 457 g/mol. The smallest absolute Gasteiger partial charge is 0.263 e. The van der Waals surface area contributed by atoms with Gasteiger partial charge < -0.3 is 4.57 Å². The fourth-order valence-electron chi connectivity index (χ4n) is 5.06. The number of sulfonamides is 1. The maximum Gasteiger partial charge on any atom is 0.263 e. The van der Waals surface area contributed by atoms with Gasteiger partial charge in [0.2, 0.25) is 0 Å². The molecule has 0 bridgehead atoms. The maximum atomic E-state index is 13.7. The van der Waals surface area contributed by atoms with E-state index in [-0.39, 0.29) is 5.92 Å². The molecular formula is C28H28N2O2S.